The maximum absolute atomic E-state index is 13.2. The third kappa shape index (κ3) is 4.87. The van der Waals surface area contributed by atoms with Crippen LogP contribution < -0.4 is 5.32 Å². The lowest BCUT2D eigenvalue weighted by Gasteiger charge is -2.34. The summed E-state index contributed by atoms with van der Waals surface area (Å²) in [5.41, 5.74) is 5.03. The second kappa shape index (κ2) is 8.67. The Morgan fingerprint density at radius 1 is 1.00 bits per heavy atom. The van der Waals surface area contributed by atoms with Crippen molar-refractivity contribution in [2.24, 2.45) is 0 Å². The number of carbonyl (C=O) groups excluding carboxylic acids is 1. The number of carbonyl (C=O) groups is 1. The second-order valence-corrected chi connectivity index (χ2v) is 9.99. The Kier molecular flexibility index (Phi) is 6.44. The molecule has 1 amide bonds. The molecule has 1 aliphatic rings. The number of hydrogen-bond donors (Lipinski definition) is 1. The van der Waals surface area contributed by atoms with Gasteiger partial charge in [0.1, 0.15) is 0 Å². The molecule has 1 N–H and O–H groups in total. The normalized spacial score (nSPS) is 17.9. The van der Waals surface area contributed by atoms with Crippen LogP contribution >= 0.6 is 0 Å². The van der Waals surface area contributed by atoms with Crippen molar-refractivity contribution in [3.05, 3.63) is 58.7 Å². The average Bonchev–Trinajstić information content (AvgIpc) is 2.65. The number of hydrogen-bond acceptors (Lipinski definition) is 3. The summed E-state index contributed by atoms with van der Waals surface area (Å²) in [7, 11) is -3.62. The van der Waals surface area contributed by atoms with E-state index in [1.807, 2.05) is 52.0 Å². The zero-order valence-corrected chi connectivity index (χ0v) is 18.5. The molecule has 2 aromatic carbocycles. The van der Waals surface area contributed by atoms with Crippen LogP contribution in [0.1, 0.15) is 47.9 Å². The lowest BCUT2D eigenvalue weighted by atomic mass is 10.0. The van der Waals surface area contributed by atoms with Gasteiger partial charge in [0.05, 0.1) is 4.90 Å². The van der Waals surface area contributed by atoms with E-state index >= 15 is 0 Å². The molecule has 0 aliphatic carbocycles. The zero-order chi connectivity index (χ0) is 21.2. The quantitative estimate of drug-likeness (QED) is 0.784. The van der Waals surface area contributed by atoms with E-state index in [2.05, 4.69) is 5.32 Å². The Morgan fingerprint density at radius 2 is 1.62 bits per heavy atom. The molecule has 2 aromatic rings. The van der Waals surface area contributed by atoms with E-state index in [-0.39, 0.29) is 18.4 Å². The van der Waals surface area contributed by atoms with Crippen molar-refractivity contribution in [1.82, 2.24) is 4.31 Å². The van der Waals surface area contributed by atoms with Crippen LogP contribution in [0, 0.1) is 27.7 Å². The van der Waals surface area contributed by atoms with Gasteiger partial charge in [-0.25, -0.2) is 8.42 Å². The molecule has 1 saturated heterocycles. The van der Waals surface area contributed by atoms with Gasteiger partial charge in [-0.3, -0.25) is 4.79 Å². The van der Waals surface area contributed by atoms with Gasteiger partial charge in [0.2, 0.25) is 15.9 Å². The number of benzene rings is 2. The lowest BCUT2D eigenvalue weighted by Crippen LogP contribution is -2.45. The minimum Gasteiger partial charge on any atom is -0.326 e. The molecule has 0 saturated carbocycles. The summed E-state index contributed by atoms with van der Waals surface area (Å²) in [6.45, 7) is 8.37. The molecule has 1 heterocycles. The first-order chi connectivity index (χ1) is 13.7. The smallest absolute Gasteiger partial charge is 0.243 e. The third-order valence-electron chi connectivity index (χ3n) is 5.56. The first-order valence-electron chi connectivity index (χ1n) is 10.1. The van der Waals surface area contributed by atoms with Gasteiger partial charge in [-0.1, -0.05) is 41.8 Å². The topological polar surface area (TPSA) is 66.5 Å². The molecule has 0 unspecified atom stereocenters. The van der Waals surface area contributed by atoms with E-state index in [0.29, 0.717) is 17.9 Å². The number of amides is 1. The Labute approximate surface area is 174 Å². The van der Waals surface area contributed by atoms with Gasteiger partial charge in [0.25, 0.3) is 0 Å². The van der Waals surface area contributed by atoms with Gasteiger partial charge >= 0.3 is 0 Å². The zero-order valence-electron chi connectivity index (χ0n) is 17.7. The Bertz CT molecular complexity index is 974. The third-order valence-corrected chi connectivity index (χ3v) is 7.53. The van der Waals surface area contributed by atoms with Gasteiger partial charge in [-0.15, -0.1) is 0 Å². The molecule has 1 aliphatic heterocycles. The molecule has 3 rings (SSSR count). The maximum Gasteiger partial charge on any atom is 0.243 e. The summed E-state index contributed by atoms with van der Waals surface area (Å²) in [6, 6.07) is 10.7. The number of piperidine rings is 1. The van der Waals surface area contributed by atoms with E-state index in [9.17, 15) is 13.2 Å². The maximum atomic E-state index is 13.2. The van der Waals surface area contributed by atoms with Crippen LogP contribution in [0.3, 0.4) is 0 Å². The van der Waals surface area contributed by atoms with Crippen LogP contribution in [-0.2, 0) is 14.8 Å². The fourth-order valence-corrected chi connectivity index (χ4v) is 5.81. The predicted molar refractivity (Wildman–Crippen MR) is 117 cm³/mol. The summed E-state index contributed by atoms with van der Waals surface area (Å²) in [5, 5.41) is 3.01. The molecule has 1 atom stereocenters. The van der Waals surface area contributed by atoms with E-state index in [1.54, 1.807) is 12.1 Å². The fraction of sp³-hybridized carbons (Fsp3) is 0.435. The molecule has 5 nitrogen and oxygen atoms in total. The Balaban J connectivity index is 1.78. The first kappa shape index (κ1) is 21.5. The van der Waals surface area contributed by atoms with E-state index in [4.69, 9.17) is 0 Å². The molecule has 1 fully saturated rings. The van der Waals surface area contributed by atoms with Crippen molar-refractivity contribution < 1.29 is 13.2 Å². The predicted octanol–water partition coefficient (Wildman–Crippen LogP) is 4.49. The van der Waals surface area contributed by atoms with E-state index in [1.165, 1.54) is 4.31 Å². The molecular weight excluding hydrogens is 384 g/mol. The number of nitrogens with one attached hydrogen (secondary N) is 1. The highest BCUT2D eigenvalue weighted by atomic mass is 32.2. The second-order valence-electron chi connectivity index (χ2n) is 8.10. The molecule has 156 valence electrons. The minimum atomic E-state index is -3.62. The lowest BCUT2D eigenvalue weighted by molar-refractivity contribution is -0.117. The molecule has 0 spiro atoms. The monoisotopic (exact) mass is 414 g/mol. The van der Waals surface area contributed by atoms with E-state index < -0.39 is 10.0 Å². The van der Waals surface area contributed by atoms with Gasteiger partial charge in [0, 0.05) is 24.7 Å². The van der Waals surface area contributed by atoms with E-state index in [0.717, 1.165) is 40.8 Å². The molecular formula is C23H30N2O3S. The fourth-order valence-electron chi connectivity index (χ4n) is 4.12. The molecule has 0 radical (unpaired) electrons. The van der Waals surface area contributed by atoms with Crippen LogP contribution in [-0.4, -0.2) is 31.2 Å². The first-order valence-corrected chi connectivity index (χ1v) is 11.6. The van der Waals surface area contributed by atoms with Crippen LogP contribution in [0.5, 0.6) is 0 Å². The van der Waals surface area contributed by atoms with Gasteiger partial charge < -0.3 is 5.32 Å². The summed E-state index contributed by atoms with van der Waals surface area (Å²) >= 11 is 0. The Morgan fingerprint density at radius 3 is 2.24 bits per heavy atom. The van der Waals surface area contributed by atoms with Crippen molar-refractivity contribution in [3.63, 3.8) is 0 Å². The van der Waals surface area contributed by atoms with Crippen LogP contribution in [0.4, 0.5) is 5.69 Å². The van der Waals surface area contributed by atoms with Crippen molar-refractivity contribution in [2.45, 2.75) is 64.3 Å². The number of rotatable bonds is 5. The van der Waals surface area contributed by atoms with Crippen molar-refractivity contribution in [1.29, 1.82) is 0 Å². The van der Waals surface area contributed by atoms with Gasteiger partial charge in [0.15, 0.2) is 0 Å². The largest absolute Gasteiger partial charge is 0.326 e. The van der Waals surface area contributed by atoms with Crippen LogP contribution in [0.15, 0.2) is 41.3 Å². The molecule has 0 aromatic heterocycles. The summed E-state index contributed by atoms with van der Waals surface area (Å²) < 4.78 is 27.9. The van der Waals surface area contributed by atoms with Gasteiger partial charge in [-0.2, -0.15) is 4.31 Å². The number of anilines is 1. The van der Waals surface area contributed by atoms with Crippen molar-refractivity contribution in [2.75, 3.05) is 11.9 Å². The van der Waals surface area contributed by atoms with Crippen LogP contribution in [0.25, 0.3) is 0 Å². The standard InChI is InChI=1S/C23H30N2O3S/c1-16-8-10-21(11-9-16)29(27,28)25-12-6-5-7-20(25)15-22(26)24-23-18(3)13-17(2)14-19(23)4/h8-11,13-14,20H,5-7,12,15H2,1-4H3,(H,24,26)/t20-/m0/s1. The number of nitrogens with zero attached hydrogens (tertiary/aromatic N) is 1. The number of sulfonamides is 1. The highest BCUT2D eigenvalue weighted by molar-refractivity contribution is 7.89. The summed E-state index contributed by atoms with van der Waals surface area (Å²) in [5.74, 6) is -0.143. The molecule has 29 heavy (non-hydrogen) atoms. The molecule has 0 bridgehead atoms. The summed E-state index contributed by atoms with van der Waals surface area (Å²) in [6.07, 6.45) is 2.61. The minimum absolute atomic E-state index is 0.143. The number of aryl methyl sites for hydroxylation is 4. The van der Waals surface area contributed by atoms with Crippen molar-refractivity contribution in [3.8, 4) is 0 Å². The van der Waals surface area contributed by atoms with Crippen molar-refractivity contribution >= 4 is 21.6 Å². The molecule has 6 heteroatoms. The van der Waals surface area contributed by atoms with Gasteiger partial charge in [-0.05, 0) is 63.8 Å². The Hall–Kier alpha value is -2.18. The summed E-state index contributed by atoms with van der Waals surface area (Å²) in [4.78, 5) is 13.1. The highest BCUT2D eigenvalue weighted by Gasteiger charge is 2.34. The van der Waals surface area contributed by atoms with Crippen LogP contribution in [0.2, 0.25) is 0 Å². The SMILES string of the molecule is Cc1ccc(S(=O)(=O)N2CCCC[C@H]2CC(=O)Nc2c(C)cc(C)cc2C)cc1. The highest BCUT2D eigenvalue weighted by Crippen LogP contribution is 2.28. The average molecular weight is 415 g/mol.